The maximum atomic E-state index is 4.51. The van der Waals surface area contributed by atoms with Crippen molar-refractivity contribution < 1.29 is 2.85 Å². The van der Waals surface area contributed by atoms with Gasteiger partial charge in [0.2, 0.25) is 11.9 Å². The van der Waals surface area contributed by atoms with Crippen molar-refractivity contribution in [1.29, 1.82) is 0 Å². The normalized spacial score (nSPS) is 10.6. The first-order chi connectivity index (χ1) is 11.2. The molecule has 0 aliphatic carbocycles. The molecular weight excluding hydrogens is 288 g/mol. The average molecular weight is 310 g/mol. The summed E-state index contributed by atoms with van der Waals surface area (Å²) in [7, 11) is 0. The minimum absolute atomic E-state index is 0. The summed E-state index contributed by atoms with van der Waals surface area (Å²) in [6, 6.07) is 13.8. The van der Waals surface area contributed by atoms with Gasteiger partial charge < -0.3 is 10.6 Å². The number of anilines is 3. The van der Waals surface area contributed by atoms with Crippen molar-refractivity contribution in [3.05, 3.63) is 54.9 Å². The zero-order chi connectivity index (χ0) is 16.1. The standard InChI is InChI=1S/C17H18N6.2H2/c1-12(2)19-16-21-15(13-7-4-3-5-8-13)22-17(23-16)20-14-9-6-10-18-11-14;;/h3-12H,1-2H3,(H2,19,20,21,22,23);2*1H. The molecule has 0 saturated carbocycles. The second kappa shape index (κ2) is 6.83. The van der Waals surface area contributed by atoms with Crippen molar-refractivity contribution in [3.8, 4) is 11.4 Å². The van der Waals surface area contributed by atoms with E-state index in [1.807, 2.05) is 56.3 Å². The van der Waals surface area contributed by atoms with Crippen LogP contribution in [0.15, 0.2) is 54.9 Å². The number of hydrogen-bond acceptors (Lipinski definition) is 6. The molecule has 0 bridgehead atoms. The fraction of sp³-hybridized carbons (Fsp3) is 0.176. The zero-order valence-corrected chi connectivity index (χ0v) is 13.1. The summed E-state index contributed by atoms with van der Waals surface area (Å²) in [6.45, 7) is 4.08. The summed E-state index contributed by atoms with van der Waals surface area (Å²) in [5, 5.41) is 6.39. The summed E-state index contributed by atoms with van der Waals surface area (Å²) >= 11 is 0. The predicted octanol–water partition coefficient (Wildman–Crippen LogP) is 3.99. The zero-order valence-electron chi connectivity index (χ0n) is 13.1. The molecule has 1 aromatic carbocycles. The first kappa shape index (κ1) is 14.9. The van der Waals surface area contributed by atoms with E-state index in [0.29, 0.717) is 17.7 Å². The van der Waals surface area contributed by atoms with Crippen molar-refractivity contribution in [2.45, 2.75) is 19.9 Å². The quantitative estimate of drug-likeness (QED) is 0.742. The Morgan fingerprint density at radius 2 is 1.70 bits per heavy atom. The van der Waals surface area contributed by atoms with E-state index in [2.05, 4.69) is 30.6 Å². The topological polar surface area (TPSA) is 75.6 Å². The monoisotopic (exact) mass is 310 g/mol. The molecule has 3 aromatic rings. The number of pyridine rings is 1. The summed E-state index contributed by atoms with van der Waals surface area (Å²) in [5.74, 6) is 1.64. The van der Waals surface area contributed by atoms with Crippen LogP contribution in [-0.2, 0) is 0 Å². The maximum Gasteiger partial charge on any atom is 0.232 e. The number of hydrogen-bond donors (Lipinski definition) is 2. The number of rotatable bonds is 5. The smallest absolute Gasteiger partial charge is 0.232 e. The van der Waals surface area contributed by atoms with E-state index >= 15 is 0 Å². The molecule has 23 heavy (non-hydrogen) atoms. The van der Waals surface area contributed by atoms with Crippen LogP contribution in [0.25, 0.3) is 11.4 Å². The Kier molecular flexibility index (Phi) is 4.42. The Balaban J connectivity index is 0.00000156. The minimum atomic E-state index is 0. The Hall–Kier alpha value is -3.02. The molecule has 0 radical (unpaired) electrons. The van der Waals surface area contributed by atoms with Crippen LogP contribution in [0, 0.1) is 0 Å². The van der Waals surface area contributed by atoms with Gasteiger partial charge >= 0.3 is 0 Å². The molecule has 6 nitrogen and oxygen atoms in total. The molecule has 120 valence electrons. The van der Waals surface area contributed by atoms with E-state index in [4.69, 9.17) is 0 Å². The average Bonchev–Trinajstić information content (AvgIpc) is 2.56. The molecule has 3 rings (SSSR count). The summed E-state index contributed by atoms with van der Waals surface area (Å²) in [4.78, 5) is 17.5. The van der Waals surface area contributed by atoms with E-state index in [0.717, 1.165) is 11.3 Å². The summed E-state index contributed by atoms with van der Waals surface area (Å²) in [6.07, 6.45) is 3.45. The highest BCUT2D eigenvalue weighted by Gasteiger charge is 2.09. The van der Waals surface area contributed by atoms with E-state index in [-0.39, 0.29) is 8.90 Å². The molecule has 0 aliphatic heterocycles. The number of benzene rings is 1. The molecular formula is C17H22N6. The van der Waals surface area contributed by atoms with Gasteiger partial charge in [-0.3, -0.25) is 4.98 Å². The Bertz CT molecular complexity index is 769. The number of nitrogens with zero attached hydrogens (tertiary/aromatic N) is 4. The summed E-state index contributed by atoms with van der Waals surface area (Å²) in [5.41, 5.74) is 1.77. The van der Waals surface area contributed by atoms with Crippen LogP contribution in [0.3, 0.4) is 0 Å². The van der Waals surface area contributed by atoms with Gasteiger partial charge in [0.15, 0.2) is 5.82 Å². The summed E-state index contributed by atoms with van der Waals surface area (Å²) < 4.78 is 0. The van der Waals surface area contributed by atoms with Crippen LogP contribution < -0.4 is 10.6 Å². The first-order valence-electron chi connectivity index (χ1n) is 7.46. The number of nitrogens with one attached hydrogen (secondary N) is 2. The van der Waals surface area contributed by atoms with Crippen LogP contribution >= 0.6 is 0 Å². The highest BCUT2D eigenvalue weighted by molar-refractivity contribution is 5.60. The Morgan fingerprint density at radius 1 is 0.913 bits per heavy atom. The van der Waals surface area contributed by atoms with E-state index < -0.39 is 0 Å². The van der Waals surface area contributed by atoms with Gasteiger partial charge in [-0.05, 0) is 26.0 Å². The van der Waals surface area contributed by atoms with Crippen molar-refractivity contribution in [1.82, 2.24) is 19.9 Å². The SMILES string of the molecule is CC(C)Nc1nc(Nc2cccnc2)nc(-c2ccccc2)n1.[HH].[HH]. The highest BCUT2D eigenvalue weighted by Crippen LogP contribution is 2.19. The van der Waals surface area contributed by atoms with Gasteiger partial charge in [-0.1, -0.05) is 30.3 Å². The van der Waals surface area contributed by atoms with Crippen LogP contribution in [-0.4, -0.2) is 26.0 Å². The third kappa shape index (κ3) is 4.00. The fourth-order valence-electron chi connectivity index (χ4n) is 2.04. The van der Waals surface area contributed by atoms with Gasteiger partial charge in [0.1, 0.15) is 0 Å². The molecule has 0 unspecified atom stereocenters. The molecule has 0 spiro atoms. The largest absolute Gasteiger partial charge is 0.352 e. The lowest BCUT2D eigenvalue weighted by molar-refractivity contribution is 0.869. The minimum Gasteiger partial charge on any atom is -0.352 e. The predicted molar refractivity (Wildman–Crippen MR) is 95.8 cm³/mol. The van der Waals surface area contributed by atoms with Crippen LogP contribution in [0.1, 0.15) is 16.7 Å². The van der Waals surface area contributed by atoms with E-state index in [1.54, 1.807) is 12.4 Å². The molecule has 0 saturated heterocycles. The molecule has 2 heterocycles. The maximum absolute atomic E-state index is 4.51. The van der Waals surface area contributed by atoms with Gasteiger partial charge in [-0.25, -0.2) is 0 Å². The van der Waals surface area contributed by atoms with E-state index in [1.165, 1.54) is 0 Å². The molecule has 2 N–H and O–H groups in total. The van der Waals surface area contributed by atoms with Crippen LogP contribution in [0.4, 0.5) is 17.6 Å². The van der Waals surface area contributed by atoms with Crippen LogP contribution in [0.5, 0.6) is 0 Å². The lowest BCUT2D eigenvalue weighted by atomic mass is 10.2. The van der Waals surface area contributed by atoms with Crippen LogP contribution in [0.2, 0.25) is 0 Å². The van der Waals surface area contributed by atoms with Gasteiger partial charge in [0.05, 0.1) is 11.9 Å². The molecule has 0 aliphatic rings. The van der Waals surface area contributed by atoms with Gasteiger partial charge in [-0.2, -0.15) is 15.0 Å². The molecule has 0 atom stereocenters. The lowest BCUT2D eigenvalue weighted by Crippen LogP contribution is -2.14. The van der Waals surface area contributed by atoms with Gasteiger partial charge in [0.25, 0.3) is 0 Å². The molecule has 0 fully saturated rings. The highest BCUT2D eigenvalue weighted by atomic mass is 15.2. The third-order valence-corrected chi connectivity index (χ3v) is 3.00. The number of aromatic nitrogens is 4. The van der Waals surface area contributed by atoms with Crippen molar-refractivity contribution in [2.24, 2.45) is 0 Å². The van der Waals surface area contributed by atoms with Crippen molar-refractivity contribution in [2.75, 3.05) is 10.6 Å². The second-order valence-corrected chi connectivity index (χ2v) is 5.34. The molecule has 6 heteroatoms. The van der Waals surface area contributed by atoms with Crippen molar-refractivity contribution >= 4 is 17.6 Å². The Labute approximate surface area is 138 Å². The van der Waals surface area contributed by atoms with Gasteiger partial charge in [-0.15, -0.1) is 0 Å². The second-order valence-electron chi connectivity index (χ2n) is 5.34. The lowest BCUT2D eigenvalue weighted by Gasteiger charge is -2.12. The molecule has 2 aromatic heterocycles. The molecule has 0 amide bonds. The van der Waals surface area contributed by atoms with Gasteiger partial charge in [0, 0.05) is 20.7 Å². The third-order valence-electron chi connectivity index (χ3n) is 3.00. The van der Waals surface area contributed by atoms with E-state index in [9.17, 15) is 0 Å². The first-order valence-corrected chi connectivity index (χ1v) is 7.46. The Morgan fingerprint density at radius 3 is 2.39 bits per heavy atom. The van der Waals surface area contributed by atoms with Crippen molar-refractivity contribution in [3.63, 3.8) is 0 Å². The fourth-order valence-corrected chi connectivity index (χ4v) is 2.04.